The molecule has 2 nitrogen and oxygen atoms in total. The van der Waals surface area contributed by atoms with Crippen LogP contribution in [0.15, 0.2) is 0 Å². The third kappa shape index (κ3) is 5.68. The van der Waals surface area contributed by atoms with Crippen LogP contribution in [0.2, 0.25) is 19.1 Å². The minimum absolute atomic E-state index is 0.904. The van der Waals surface area contributed by atoms with E-state index in [-0.39, 0.29) is 0 Å². The van der Waals surface area contributed by atoms with E-state index in [1.165, 1.54) is 19.0 Å². The molecule has 78 valence electrons. The molecule has 0 aromatic rings. The van der Waals surface area contributed by atoms with Crippen molar-refractivity contribution in [3.05, 3.63) is 0 Å². The zero-order valence-corrected chi connectivity index (χ0v) is 10.4. The smallest absolute Gasteiger partial charge is 0.150 e. The summed E-state index contributed by atoms with van der Waals surface area (Å²) in [7, 11) is -1.33. The Morgan fingerprint density at radius 2 is 1.92 bits per heavy atom. The van der Waals surface area contributed by atoms with E-state index in [1.807, 2.05) is 0 Å². The lowest BCUT2D eigenvalue weighted by Crippen LogP contribution is -2.37. The molecule has 0 aromatic heterocycles. The number of hydrogen-bond acceptors (Lipinski definition) is 2. The van der Waals surface area contributed by atoms with Gasteiger partial charge in [0.1, 0.15) is 0 Å². The molecule has 1 fully saturated rings. The lowest BCUT2D eigenvalue weighted by Gasteiger charge is -2.27. The van der Waals surface area contributed by atoms with Crippen LogP contribution in [-0.4, -0.2) is 45.1 Å². The van der Waals surface area contributed by atoms with Gasteiger partial charge >= 0.3 is 0 Å². The van der Waals surface area contributed by atoms with Crippen molar-refractivity contribution in [1.29, 1.82) is 0 Å². The first-order chi connectivity index (χ1) is 6.08. The summed E-state index contributed by atoms with van der Waals surface area (Å²) in [5, 5.41) is 0. The minimum atomic E-state index is -1.33. The molecule has 0 radical (unpaired) electrons. The van der Waals surface area contributed by atoms with E-state index in [2.05, 4.69) is 18.0 Å². The summed E-state index contributed by atoms with van der Waals surface area (Å²) in [6.45, 7) is 9.65. The monoisotopic (exact) mass is 221 g/mol. The third-order valence-electron chi connectivity index (χ3n) is 2.35. The van der Waals surface area contributed by atoms with Gasteiger partial charge in [0.2, 0.25) is 0 Å². The van der Waals surface area contributed by atoms with Crippen molar-refractivity contribution in [3.8, 4) is 0 Å². The number of morpholine rings is 1. The molecule has 1 heterocycles. The van der Waals surface area contributed by atoms with Gasteiger partial charge < -0.3 is 4.74 Å². The lowest BCUT2D eigenvalue weighted by molar-refractivity contribution is 0.0380. The van der Waals surface area contributed by atoms with Crippen molar-refractivity contribution in [2.75, 3.05) is 32.8 Å². The molecule has 0 saturated carbocycles. The van der Waals surface area contributed by atoms with Crippen molar-refractivity contribution >= 4 is 18.5 Å². The molecule has 0 aromatic carbocycles. The van der Waals surface area contributed by atoms with E-state index in [9.17, 15) is 0 Å². The fourth-order valence-electron chi connectivity index (χ4n) is 1.55. The summed E-state index contributed by atoms with van der Waals surface area (Å²) in [4.78, 5) is 2.47. The Bertz CT molecular complexity index is 143. The zero-order valence-electron chi connectivity index (χ0n) is 8.68. The quantitative estimate of drug-likeness (QED) is 0.533. The van der Waals surface area contributed by atoms with Crippen LogP contribution in [-0.2, 0) is 4.74 Å². The maximum absolute atomic E-state index is 6.25. The molecule has 0 atom stereocenters. The van der Waals surface area contributed by atoms with E-state index in [0.717, 1.165) is 26.3 Å². The van der Waals surface area contributed by atoms with E-state index in [4.69, 9.17) is 15.8 Å². The molecule has 1 rings (SSSR count). The Labute approximate surface area is 86.9 Å². The molecule has 13 heavy (non-hydrogen) atoms. The second kappa shape index (κ2) is 5.34. The van der Waals surface area contributed by atoms with Crippen molar-refractivity contribution in [3.63, 3.8) is 0 Å². The zero-order chi connectivity index (χ0) is 9.73. The highest BCUT2D eigenvalue weighted by Gasteiger charge is 2.17. The summed E-state index contributed by atoms with van der Waals surface area (Å²) in [5.41, 5.74) is 0. The highest BCUT2D eigenvalue weighted by molar-refractivity contribution is 7.19. The SMILES string of the molecule is C[Si](C)(Cl)CCCN1CCOCC1. The van der Waals surface area contributed by atoms with Gasteiger partial charge in [-0.3, -0.25) is 4.90 Å². The van der Waals surface area contributed by atoms with E-state index >= 15 is 0 Å². The fraction of sp³-hybridized carbons (Fsp3) is 1.00. The molecule has 4 heteroatoms. The average Bonchev–Trinajstić information content (AvgIpc) is 2.04. The van der Waals surface area contributed by atoms with E-state index in [1.54, 1.807) is 0 Å². The Kier molecular flexibility index (Phi) is 4.73. The topological polar surface area (TPSA) is 12.5 Å². The Balaban J connectivity index is 2.04. The average molecular weight is 222 g/mol. The Hall–Kier alpha value is 0.427. The van der Waals surface area contributed by atoms with Crippen molar-refractivity contribution < 1.29 is 4.74 Å². The summed E-state index contributed by atoms with van der Waals surface area (Å²) in [6, 6.07) is 1.23. The van der Waals surface area contributed by atoms with Crippen molar-refractivity contribution in [1.82, 2.24) is 4.90 Å². The summed E-state index contributed by atoms with van der Waals surface area (Å²) < 4.78 is 5.29. The van der Waals surface area contributed by atoms with Gasteiger partial charge in [-0.05, 0) is 19.0 Å². The maximum Gasteiger partial charge on any atom is 0.150 e. The van der Waals surface area contributed by atoms with Gasteiger partial charge in [0.25, 0.3) is 0 Å². The van der Waals surface area contributed by atoms with Crippen LogP contribution in [0.3, 0.4) is 0 Å². The van der Waals surface area contributed by atoms with Crippen LogP contribution in [0.4, 0.5) is 0 Å². The molecule has 1 aliphatic rings. The van der Waals surface area contributed by atoms with Crippen LogP contribution in [0.1, 0.15) is 6.42 Å². The molecular formula is C9H20ClNOSi. The number of ether oxygens (including phenoxy) is 1. The van der Waals surface area contributed by atoms with Crippen LogP contribution < -0.4 is 0 Å². The van der Waals surface area contributed by atoms with Gasteiger partial charge in [-0.25, -0.2) is 0 Å². The molecule has 0 spiro atoms. The van der Waals surface area contributed by atoms with Crippen LogP contribution in [0.25, 0.3) is 0 Å². The second-order valence-electron chi connectivity index (χ2n) is 4.28. The largest absolute Gasteiger partial charge is 0.379 e. The van der Waals surface area contributed by atoms with Crippen LogP contribution in [0.5, 0.6) is 0 Å². The molecule has 0 aliphatic carbocycles. The molecular weight excluding hydrogens is 202 g/mol. The Morgan fingerprint density at radius 3 is 2.46 bits per heavy atom. The first-order valence-corrected chi connectivity index (χ1v) is 9.29. The highest BCUT2D eigenvalue weighted by Crippen LogP contribution is 2.16. The molecule has 0 amide bonds. The number of halogens is 1. The van der Waals surface area contributed by atoms with Gasteiger partial charge in [-0.15, -0.1) is 0 Å². The summed E-state index contributed by atoms with van der Waals surface area (Å²) in [5.74, 6) is 0. The number of hydrogen-bond donors (Lipinski definition) is 0. The highest BCUT2D eigenvalue weighted by atomic mass is 35.6. The molecule has 0 unspecified atom stereocenters. The van der Waals surface area contributed by atoms with Gasteiger partial charge in [0, 0.05) is 13.1 Å². The van der Waals surface area contributed by atoms with Crippen molar-refractivity contribution in [2.24, 2.45) is 0 Å². The summed E-state index contributed by atoms with van der Waals surface area (Å²) >= 11 is 6.25. The normalized spacial score (nSPS) is 20.5. The van der Waals surface area contributed by atoms with E-state index in [0.29, 0.717) is 0 Å². The van der Waals surface area contributed by atoms with Gasteiger partial charge in [-0.1, -0.05) is 13.1 Å². The van der Waals surface area contributed by atoms with Crippen LogP contribution >= 0.6 is 11.1 Å². The molecule has 0 bridgehead atoms. The molecule has 1 saturated heterocycles. The fourth-order valence-corrected chi connectivity index (χ4v) is 2.95. The maximum atomic E-state index is 6.25. The van der Waals surface area contributed by atoms with Crippen LogP contribution in [0, 0.1) is 0 Å². The lowest BCUT2D eigenvalue weighted by atomic mass is 10.3. The Morgan fingerprint density at radius 1 is 1.31 bits per heavy atom. The van der Waals surface area contributed by atoms with Crippen molar-refractivity contribution in [2.45, 2.75) is 25.6 Å². The van der Waals surface area contributed by atoms with E-state index < -0.39 is 7.38 Å². The predicted octanol–water partition coefficient (Wildman–Crippen LogP) is 2.15. The predicted molar refractivity (Wildman–Crippen MR) is 60.0 cm³/mol. The molecule has 0 N–H and O–H groups in total. The summed E-state index contributed by atoms with van der Waals surface area (Å²) in [6.07, 6.45) is 1.25. The third-order valence-corrected chi connectivity index (χ3v) is 4.46. The minimum Gasteiger partial charge on any atom is -0.379 e. The van der Waals surface area contributed by atoms with Gasteiger partial charge in [0.05, 0.1) is 13.2 Å². The first kappa shape index (κ1) is 11.5. The second-order valence-corrected chi connectivity index (χ2v) is 11.3. The first-order valence-electron chi connectivity index (χ1n) is 5.07. The van der Waals surface area contributed by atoms with Gasteiger partial charge in [0.15, 0.2) is 7.38 Å². The standard InChI is InChI=1S/C9H20ClNOSi/c1-13(2,10)9-3-4-11-5-7-12-8-6-11/h3-9H2,1-2H3. The van der Waals surface area contributed by atoms with Gasteiger partial charge in [-0.2, -0.15) is 11.1 Å². The number of nitrogens with zero attached hydrogens (tertiary/aromatic N) is 1. The molecule has 1 aliphatic heterocycles. The number of rotatable bonds is 4.